The van der Waals surface area contributed by atoms with E-state index in [1.165, 1.54) is 13.2 Å². The molecular formula is C23H27ClFN3O3. The highest BCUT2D eigenvalue weighted by Crippen LogP contribution is 2.32. The molecule has 0 fully saturated rings. The average molecular weight is 448 g/mol. The van der Waals surface area contributed by atoms with Crippen molar-refractivity contribution in [1.82, 2.24) is 9.55 Å². The van der Waals surface area contributed by atoms with Crippen LogP contribution < -0.4 is 20.3 Å². The number of nitrogens with zero attached hydrogens (tertiary/aromatic N) is 2. The zero-order valence-corrected chi connectivity index (χ0v) is 19.1. The monoisotopic (exact) mass is 447 g/mol. The van der Waals surface area contributed by atoms with E-state index in [0.29, 0.717) is 30.4 Å². The van der Waals surface area contributed by atoms with Gasteiger partial charge in [-0.15, -0.1) is 0 Å². The molecule has 1 aliphatic carbocycles. The molecular weight excluding hydrogens is 421 g/mol. The zero-order valence-electron chi connectivity index (χ0n) is 18.3. The van der Waals surface area contributed by atoms with Crippen molar-refractivity contribution in [3.63, 3.8) is 0 Å². The van der Waals surface area contributed by atoms with Gasteiger partial charge in [-0.05, 0) is 49.0 Å². The molecule has 6 nitrogen and oxygen atoms in total. The molecule has 31 heavy (non-hydrogen) atoms. The molecule has 2 atom stereocenters. The Bertz CT molecular complexity index is 1090. The standard InChI is InChI=1S/C23H27ClFN3O3/c1-6-31-20-10-19(14(3)8-18(20)25)26-23-27-22(29)21(30-5)12-28(23)11-16-7-13(2)15(4)17(24)9-16/h7-10,12-13,15H,6,11H2,1-5H3,(H,26,27,29). The lowest BCUT2D eigenvalue weighted by molar-refractivity contribution is 0.321. The van der Waals surface area contributed by atoms with E-state index < -0.39 is 11.4 Å². The number of rotatable bonds is 7. The Balaban J connectivity index is 2.02. The Hall–Kier alpha value is -2.80. The van der Waals surface area contributed by atoms with E-state index in [2.05, 4.69) is 30.2 Å². The fourth-order valence-corrected chi connectivity index (χ4v) is 3.73. The maximum absolute atomic E-state index is 14.1. The van der Waals surface area contributed by atoms with Gasteiger partial charge >= 0.3 is 5.56 Å². The Labute approximate surface area is 186 Å². The lowest BCUT2D eigenvalue weighted by Crippen LogP contribution is -2.20. The molecule has 0 bridgehead atoms. The molecule has 2 unspecified atom stereocenters. The van der Waals surface area contributed by atoms with Gasteiger partial charge in [0.05, 0.1) is 26.5 Å². The van der Waals surface area contributed by atoms with Gasteiger partial charge in [0, 0.05) is 16.8 Å². The molecule has 1 aromatic carbocycles. The molecule has 1 heterocycles. The van der Waals surface area contributed by atoms with Crippen LogP contribution in [0.3, 0.4) is 0 Å². The Kier molecular flexibility index (Phi) is 7.05. The summed E-state index contributed by atoms with van der Waals surface area (Å²) in [6.45, 7) is 8.51. The predicted octanol–water partition coefficient (Wildman–Crippen LogP) is 5.18. The van der Waals surface area contributed by atoms with Crippen molar-refractivity contribution in [3.05, 3.63) is 62.8 Å². The van der Waals surface area contributed by atoms with Crippen LogP contribution in [0.25, 0.3) is 0 Å². The first kappa shape index (κ1) is 22.9. The molecule has 0 amide bonds. The van der Waals surface area contributed by atoms with E-state index >= 15 is 0 Å². The van der Waals surface area contributed by atoms with Gasteiger partial charge in [0.1, 0.15) is 0 Å². The molecule has 2 aromatic rings. The van der Waals surface area contributed by atoms with Crippen molar-refractivity contribution >= 4 is 23.2 Å². The van der Waals surface area contributed by atoms with Crippen molar-refractivity contribution in [2.24, 2.45) is 11.8 Å². The number of hydrogen-bond acceptors (Lipinski definition) is 5. The smallest absolute Gasteiger partial charge is 0.316 e. The van der Waals surface area contributed by atoms with Gasteiger partial charge in [-0.3, -0.25) is 4.79 Å². The number of ether oxygens (including phenoxy) is 2. The minimum Gasteiger partial charge on any atom is -0.491 e. The maximum atomic E-state index is 14.1. The minimum absolute atomic E-state index is 0.129. The number of benzene rings is 1. The van der Waals surface area contributed by atoms with Crippen LogP contribution >= 0.6 is 11.6 Å². The summed E-state index contributed by atoms with van der Waals surface area (Å²) in [5.41, 5.74) is 1.74. The van der Waals surface area contributed by atoms with E-state index in [1.807, 2.05) is 6.08 Å². The number of allylic oxidation sites excluding steroid dienone is 4. The first-order chi connectivity index (χ1) is 14.7. The van der Waals surface area contributed by atoms with Crippen LogP contribution in [0.4, 0.5) is 16.0 Å². The van der Waals surface area contributed by atoms with E-state index in [4.69, 9.17) is 21.1 Å². The minimum atomic E-state index is -0.501. The molecule has 0 radical (unpaired) electrons. The summed E-state index contributed by atoms with van der Waals surface area (Å²) >= 11 is 6.41. The van der Waals surface area contributed by atoms with Crippen LogP contribution in [-0.2, 0) is 6.54 Å². The van der Waals surface area contributed by atoms with Crippen LogP contribution in [0.1, 0.15) is 26.3 Å². The summed E-state index contributed by atoms with van der Waals surface area (Å²) < 4.78 is 26.5. The van der Waals surface area contributed by atoms with Crippen LogP contribution in [0.2, 0.25) is 0 Å². The van der Waals surface area contributed by atoms with E-state index in [1.54, 1.807) is 30.7 Å². The molecule has 1 aromatic heterocycles. The van der Waals surface area contributed by atoms with Crippen LogP contribution in [-0.4, -0.2) is 23.3 Å². The fourth-order valence-electron chi connectivity index (χ4n) is 3.39. The Morgan fingerprint density at radius 3 is 2.68 bits per heavy atom. The van der Waals surface area contributed by atoms with Crippen molar-refractivity contribution in [2.75, 3.05) is 19.0 Å². The number of nitrogens with one attached hydrogen (secondary N) is 1. The van der Waals surface area contributed by atoms with Crippen LogP contribution in [0.15, 0.2) is 45.9 Å². The third kappa shape index (κ3) is 5.10. The number of aryl methyl sites for hydroxylation is 1. The molecule has 0 saturated carbocycles. The number of halogens is 2. The summed E-state index contributed by atoms with van der Waals surface area (Å²) in [5, 5.41) is 3.94. The van der Waals surface area contributed by atoms with Gasteiger partial charge < -0.3 is 19.4 Å². The van der Waals surface area contributed by atoms with Crippen molar-refractivity contribution in [3.8, 4) is 11.5 Å². The molecule has 0 aliphatic heterocycles. The number of anilines is 2. The average Bonchev–Trinajstić information content (AvgIpc) is 2.71. The quantitative estimate of drug-likeness (QED) is 0.633. The van der Waals surface area contributed by atoms with Gasteiger partial charge in [0.15, 0.2) is 11.6 Å². The lowest BCUT2D eigenvalue weighted by atomic mass is 9.88. The molecule has 166 valence electrons. The van der Waals surface area contributed by atoms with Crippen LogP contribution in [0.5, 0.6) is 11.5 Å². The second-order valence-electron chi connectivity index (χ2n) is 7.64. The molecule has 0 spiro atoms. The highest BCUT2D eigenvalue weighted by molar-refractivity contribution is 6.30. The topological polar surface area (TPSA) is 65.4 Å². The van der Waals surface area contributed by atoms with Crippen molar-refractivity contribution < 1.29 is 13.9 Å². The highest BCUT2D eigenvalue weighted by Gasteiger charge is 2.20. The number of methoxy groups -OCH3 is 1. The van der Waals surface area contributed by atoms with Gasteiger partial charge in [-0.2, -0.15) is 4.98 Å². The Morgan fingerprint density at radius 2 is 2.03 bits per heavy atom. The summed E-state index contributed by atoms with van der Waals surface area (Å²) in [7, 11) is 1.43. The fraction of sp³-hybridized carbons (Fsp3) is 0.391. The second-order valence-corrected chi connectivity index (χ2v) is 8.08. The van der Waals surface area contributed by atoms with Crippen molar-refractivity contribution in [1.29, 1.82) is 0 Å². The highest BCUT2D eigenvalue weighted by atomic mass is 35.5. The number of aromatic nitrogens is 2. The SMILES string of the molecule is CCOc1cc(Nc2nc(=O)c(OC)cn2CC2=CC(C)C(C)C(Cl)=C2)c(C)cc1F. The molecule has 1 N–H and O–H groups in total. The third-order valence-corrected chi connectivity index (χ3v) is 5.84. The first-order valence-corrected chi connectivity index (χ1v) is 10.5. The van der Waals surface area contributed by atoms with Crippen LogP contribution in [0, 0.1) is 24.6 Å². The molecule has 1 aliphatic rings. The first-order valence-electron chi connectivity index (χ1n) is 10.2. The van der Waals surface area contributed by atoms with E-state index in [0.717, 1.165) is 10.6 Å². The van der Waals surface area contributed by atoms with Crippen molar-refractivity contribution in [2.45, 2.75) is 34.2 Å². The second kappa shape index (κ2) is 9.56. The van der Waals surface area contributed by atoms with E-state index in [-0.39, 0.29) is 23.3 Å². The predicted molar refractivity (Wildman–Crippen MR) is 121 cm³/mol. The molecule has 8 heteroatoms. The van der Waals surface area contributed by atoms with Gasteiger partial charge in [0.25, 0.3) is 0 Å². The maximum Gasteiger partial charge on any atom is 0.316 e. The summed E-state index contributed by atoms with van der Waals surface area (Å²) in [6, 6.07) is 2.95. The number of hydrogen-bond donors (Lipinski definition) is 1. The summed E-state index contributed by atoms with van der Waals surface area (Å²) in [5.74, 6) is 0.657. The molecule has 0 saturated heterocycles. The third-order valence-electron chi connectivity index (χ3n) is 5.39. The van der Waals surface area contributed by atoms with Gasteiger partial charge in [0.2, 0.25) is 11.7 Å². The normalized spacial score (nSPS) is 18.3. The summed E-state index contributed by atoms with van der Waals surface area (Å²) in [6.07, 6.45) is 5.70. The lowest BCUT2D eigenvalue weighted by Gasteiger charge is -2.24. The van der Waals surface area contributed by atoms with E-state index in [9.17, 15) is 9.18 Å². The Morgan fingerprint density at radius 1 is 1.29 bits per heavy atom. The molecule has 3 rings (SSSR count). The van der Waals surface area contributed by atoms with Gasteiger partial charge in [-0.1, -0.05) is 31.5 Å². The largest absolute Gasteiger partial charge is 0.491 e. The zero-order chi connectivity index (χ0) is 22.7. The van der Waals surface area contributed by atoms with Gasteiger partial charge in [-0.25, -0.2) is 4.39 Å². The summed E-state index contributed by atoms with van der Waals surface area (Å²) in [4.78, 5) is 16.5.